The van der Waals surface area contributed by atoms with Gasteiger partial charge in [-0.3, -0.25) is 0 Å². The Kier molecular flexibility index (Phi) is 6.43. The molecule has 0 saturated heterocycles. The number of halogens is 2. The van der Waals surface area contributed by atoms with Crippen LogP contribution >= 0.6 is 0 Å². The molecule has 4 heteroatoms. The van der Waals surface area contributed by atoms with Crippen molar-refractivity contribution in [3.05, 3.63) is 82.4 Å². The van der Waals surface area contributed by atoms with Crippen LogP contribution in [-0.2, 0) is 24.7 Å². The molecule has 2 aromatic carbocycles. The summed E-state index contributed by atoms with van der Waals surface area (Å²) in [5.74, 6) is 0.477. The molecule has 4 rings (SSSR count). The second-order valence-electron chi connectivity index (χ2n) is 7.57. The van der Waals surface area contributed by atoms with Crippen molar-refractivity contribution in [2.24, 2.45) is 0 Å². The minimum Gasteiger partial charge on any atom is -1.00 e. The molecule has 25 heavy (non-hydrogen) atoms. The van der Waals surface area contributed by atoms with Crippen LogP contribution in [0, 0.1) is 0 Å². The molecular formula is C21H21Cl2SiZr. The number of rotatable bonds is 2. The minimum absolute atomic E-state index is 0. The van der Waals surface area contributed by atoms with Gasteiger partial charge in [0.25, 0.3) is 0 Å². The van der Waals surface area contributed by atoms with E-state index in [2.05, 4.69) is 80.3 Å². The molecule has 0 amide bonds. The van der Waals surface area contributed by atoms with Crippen molar-refractivity contribution in [1.29, 1.82) is 0 Å². The molecule has 0 spiro atoms. The first-order valence-electron chi connectivity index (χ1n) is 8.30. The standard InChI is InChI=1S/C21H21Si.2ClH.Zr/c1-22(2,3)21-18-11-7-5-9-16(18)14-20(21)19-13-12-15-8-4-6-10-17(15)19;;;/h4-14,19H,1-3H3;2*1H;/q;;;+2/p-2. The van der Waals surface area contributed by atoms with E-state index in [4.69, 9.17) is 0 Å². The number of fused-ring (bicyclic) bond motifs is 2. The van der Waals surface area contributed by atoms with Gasteiger partial charge in [0.15, 0.2) is 0 Å². The Hall–Kier alpha value is -0.400. The molecule has 0 aliphatic heterocycles. The van der Waals surface area contributed by atoms with Crippen LogP contribution in [0.25, 0.3) is 11.3 Å². The van der Waals surface area contributed by atoms with Crippen LogP contribution in [0.5, 0.6) is 0 Å². The average molecular weight is 464 g/mol. The van der Waals surface area contributed by atoms with E-state index in [0.717, 1.165) is 0 Å². The van der Waals surface area contributed by atoms with E-state index in [-0.39, 0.29) is 24.8 Å². The van der Waals surface area contributed by atoms with Crippen molar-refractivity contribution >= 4 is 19.3 Å². The molecule has 2 aromatic rings. The van der Waals surface area contributed by atoms with Gasteiger partial charge >= 0.3 is 156 Å². The van der Waals surface area contributed by atoms with E-state index in [1.807, 2.05) is 0 Å². The topological polar surface area (TPSA) is 0 Å². The van der Waals surface area contributed by atoms with Gasteiger partial charge in [-0.1, -0.05) is 0 Å². The van der Waals surface area contributed by atoms with E-state index < -0.39 is 8.07 Å². The van der Waals surface area contributed by atoms with Gasteiger partial charge in [0, 0.05) is 0 Å². The van der Waals surface area contributed by atoms with Crippen molar-refractivity contribution in [2.45, 2.75) is 29.2 Å². The van der Waals surface area contributed by atoms with Gasteiger partial charge in [0.05, 0.1) is 0 Å². The Morgan fingerprint density at radius 3 is 2.12 bits per heavy atom. The number of hydrogen-bond donors (Lipinski definition) is 0. The molecule has 0 aromatic heterocycles. The summed E-state index contributed by atoms with van der Waals surface area (Å²) in [6, 6.07) is 18.0. The molecule has 127 valence electrons. The SMILES string of the molecule is C[Si](C)(C)C1=C(C2C=Cc3ccccc32)[CH]([Zr+2])c2ccccc21.[Cl-].[Cl-]. The Bertz CT molecular complexity index is 849. The Balaban J connectivity index is 0.00000113. The summed E-state index contributed by atoms with van der Waals surface area (Å²) >= 11 is 1.62. The number of allylic oxidation sites excluding steroid dienone is 2. The third-order valence-electron chi connectivity index (χ3n) is 5.03. The molecule has 0 bridgehead atoms. The minimum atomic E-state index is -1.41. The molecule has 0 fully saturated rings. The molecule has 0 N–H and O–H groups in total. The smallest absolute Gasteiger partial charge is 1.00 e. The molecule has 2 aliphatic carbocycles. The predicted molar refractivity (Wildman–Crippen MR) is 97.7 cm³/mol. The maximum absolute atomic E-state index is 2.50. The van der Waals surface area contributed by atoms with Crippen molar-refractivity contribution in [1.82, 2.24) is 0 Å². The van der Waals surface area contributed by atoms with Crippen LogP contribution < -0.4 is 24.8 Å². The van der Waals surface area contributed by atoms with Crippen LogP contribution in [-0.4, -0.2) is 8.07 Å². The van der Waals surface area contributed by atoms with Gasteiger partial charge in [0.2, 0.25) is 0 Å². The van der Waals surface area contributed by atoms with Crippen molar-refractivity contribution in [2.75, 3.05) is 0 Å². The van der Waals surface area contributed by atoms with E-state index in [1.165, 1.54) is 11.1 Å². The average Bonchev–Trinajstić information content (AvgIpc) is 3.06. The summed E-state index contributed by atoms with van der Waals surface area (Å²) in [5.41, 5.74) is 7.71. The fourth-order valence-electron chi connectivity index (χ4n) is 4.14. The summed E-state index contributed by atoms with van der Waals surface area (Å²) in [4.78, 5) is 0. The van der Waals surface area contributed by atoms with E-state index >= 15 is 0 Å². The van der Waals surface area contributed by atoms with Crippen LogP contribution in [0.4, 0.5) is 0 Å². The van der Waals surface area contributed by atoms with Gasteiger partial charge in [-0.25, -0.2) is 0 Å². The number of hydrogen-bond acceptors (Lipinski definition) is 0. The molecular weight excluding hydrogens is 442 g/mol. The third kappa shape index (κ3) is 3.44. The molecule has 2 aliphatic rings. The first-order chi connectivity index (χ1) is 11.0. The summed E-state index contributed by atoms with van der Waals surface area (Å²) in [6.07, 6.45) is 4.75. The first-order valence-corrected chi connectivity index (χ1v) is 13.2. The molecule has 0 heterocycles. The van der Waals surface area contributed by atoms with Crippen molar-refractivity contribution in [3.63, 3.8) is 0 Å². The van der Waals surface area contributed by atoms with Gasteiger partial charge in [0.1, 0.15) is 0 Å². The van der Waals surface area contributed by atoms with Crippen LogP contribution in [0.1, 0.15) is 31.8 Å². The van der Waals surface area contributed by atoms with Gasteiger partial charge in [-0.15, -0.1) is 0 Å². The normalized spacial score (nSPS) is 20.7. The molecule has 0 nitrogen and oxygen atoms in total. The van der Waals surface area contributed by atoms with E-state index in [9.17, 15) is 0 Å². The van der Waals surface area contributed by atoms with Crippen LogP contribution in [0.2, 0.25) is 19.6 Å². The number of benzene rings is 2. The fourth-order valence-corrected chi connectivity index (χ4v) is 8.11. The zero-order chi connectivity index (χ0) is 16.2. The monoisotopic (exact) mass is 461 g/mol. The quantitative estimate of drug-likeness (QED) is 0.539. The zero-order valence-corrected chi connectivity index (χ0v) is 19.7. The van der Waals surface area contributed by atoms with Crippen LogP contribution in [0.3, 0.4) is 0 Å². The Morgan fingerprint density at radius 1 is 0.840 bits per heavy atom. The largest absolute Gasteiger partial charge is 1.00 e. The van der Waals surface area contributed by atoms with E-state index in [0.29, 0.717) is 9.54 Å². The van der Waals surface area contributed by atoms with Crippen LogP contribution in [0.15, 0.2) is 60.2 Å². The summed E-state index contributed by atoms with van der Waals surface area (Å²) in [5, 5.41) is 1.71. The first kappa shape index (κ1) is 20.9. The van der Waals surface area contributed by atoms with Gasteiger partial charge in [-0.2, -0.15) is 0 Å². The summed E-state index contributed by atoms with van der Waals surface area (Å²) < 4.78 is 0.612. The zero-order valence-electron chi connectivity index (χ0n) is 14.7. The molecule has 0 radical (unpaired) electrons. The fraction of sp³-hybridized carbons (Fsp3) is 0.238. The van der Waals surface area contributed by atoms with Gasteiger partial charge < -0.3 is 24.8 Å². The summed E-state index contributed by atoms with van der Waals surface area (Å²) in [7, 11) is -1.41. The van der Waals surface area contributed by atoms with Gasteiger partial charge in [-0.05, 0) is 0 Å². The molecule has 2 atom stereocenters. The second-order valence-corrected chi connectivity index (χ2v) is 14.0. The van der Waals surface area contributed by atoms with E-state index in [1.54, 1.807) is 46.6 Å². The van der Waals surface area contributed by atoms with Crippen molar-refractivity contribution in [3.8, 4) is 0 Å². The maximum atomic E-state index is 2.50. The molecule has 0 saturated carbocycles. The predicted octanol–water partition coefficient (Wildman–Crippen LogP) is -0.262. The third-order valence-corrected chi connectivity index (χ3v) is 8.61. The Morgan fingerprint density at radius 2 is 1.44 bits per heavy atom. The summed E-state index contributed by atoms with van der Waals surface area (Å²) in [6.45, 7) is 7.49. The maximum Gasteiger partial charge on any atom is -1.00 e. The second kappa shape index (κ2) is 7.69. The van der Waals surface area contributed by atoms with Crippen molar-refractivity contribution < 1.29 is 49.5 Å². The Labute approximate surface area is 179 Å². The molecule has 2 unspecified atom stereocenters.